The van der Waals surface area contributed by atoms with Crippen LogP contribution in [-0.4, -0.2) is 10.9 Å². The summed E-state index contributed by atoms with van der Waals surface area (Å²) < 4.78 is 0. The molecule has 0 saturated heterocycles. The molecule has 104 valence electrons. The second-order valence-corrected chi connectivity index (χ2v) is 5.80. The van der Waals surface area contributed by atoms with Gasteiger partial charge >= 0.3 is 0 Å². The standard InChI is InChI=1S/C14H21N3OS/c1-4-6-14(10-15,7-5-2)13(18)16-8-12-9-19-11(3)17-12/h9H,4-8H2,1-3H3,(H,16,18). The van der Waals surface area contributed by atoms with Gasteiger partial charge in [0.1, 0.15) is 5.41 Å². The maximum absolute atomic E-state index is 12.3. The number of hydrogen-bond donors (Lipinski definition) is 1. The number of nitriles is 1. The molecule has 1 rings (SSSR count). The maximum atomic E-state index is 12.3. The molecule has 1 aromatic heterocycles. The van der Waals surface area contributed by atoms with Crippen LogP contribution in [0.5, 0.6) is 0 Å². The van der Waals surface area contributed by atoms with Crippen LogP contribution < -0.4 is 5.32 Å². The molecule has 4 nitrogen and oxygen atoms in total. The van der Waals surface area contributed by atoms with Crippen molar-refractivity contribution in [3.8, 4) is 6.07 Å². The van der Waals surface area contributed by atoms with Gasteiger partial charge in [-0.15, -0.1) is 11.3 Å². The molecule has 1 amide bonds. The molecule has 0 atom stereocenters. The minimum absolute atomic E-state index is 0.163. The van der Waals surface area contributed by atoms with E-state index in [0.717, 1.165) is 23.5 Å². The second kappa shape index (κ2) is 7.25. The third-order valence-corrected chi connectivity index (χ3v) is 3.92. The molecule has 0 saturated carbocycles. The summed E-state index contributed by atoms with van der Waals surface area (Å²) in [5.41, 5.74) is -0.0233. The lowest BCUT2D eigenvalue weighted by molar-refractivity contribution is -0.129. The van der Waals surface area contributed by atoms with Crippen LogP contribution in [0.15, 0.2) is 5.38 Å². The van der Waals surface area contributed by atoms with E-state index in [-0.39, 0.29) is 5.91 Å². The number of aryl methyl sites for hydroxylation is 1. The quantitative estimate of drug-likeness (QED) is 0.833. The van der Waals surface area contributed by atoms with Crippen LogP contribution in [0.1, 0.15) is 50.2 Å². The lowest BCUT2D eigenvalue weighted by Gasteiger charge is -2.24. The SMILES string of the molecule is CCCC(C#N)(CCC)C(=O)NCc1csc(C)n1. The van der Waals surface area contributed by atoms with Gasteiger partial charge in [0, 0.05) is 5.38 Å². The molecule has 0 spiro atoms. The number of rotatable bonds is 7. The highest BCUT2D eigenvalue weighted by Crippen LogP contribution is 2.29. The molecule has 5 heteroatoms. The Hall–Kier alpha value is -1.41. The predicted molar refractivity (Wildman–Crippen MR) is 76.6 cm³/mol. The highest BCUT2D eigenvalue weighted by Gasteiger charge is 2.36. The maximum Gasteiger partial charge on any atom is 0.240 e. The average molecular weight is 279 g/mol. The van der Waals surface area contributed by atoms with Crippen molar-refractivity contribution in [2.45, 2.75) is 53.0 Å². The first-order valence-electron chi connectivity index (χ1n) is 6.68. The molecule has 0 radical (unpaired) electrons. The Morgan fingerprint density at radius 2 is 2.11 bits per heavy atom. The third kappa shape index (κ3) is 4.03. The van der Waals surface area contributed by atoms with Gasteiger partial charge in [-0.25, -0.2) is 4.98 Å². The normalized spacial score (nSPS) is 11.1. The first kappa shape index (κ1) is 15.6. The lowest BCUT2D eigenvalue weighted by Crippen LogP contribution is -2.39. The molecule has 19 heavy (non-hydrogen) atoms. The Labute approximate surface area is 118 Å². The van der Waals surface area contributed by atoms with Crippen LogP contribution in [-0.2, 0) is 11.3 Å². The van der Waals surface area contributed by atoms with Gasteiger partial charge in [-0.1, -0.05) is 26.7 Å². The highest BCUT2D eigenvalue weighted by molar-refractivity contribution is 7.09. The third-order valence-electron chi connectivity index (χ3n) is 3.10. The van der Waals surface area contributed by atoms with Gasteiger partial charge in [-0.05, 0) is 19.8 Å². The van der Waals surface area contributed by atoms with Crippen molar-refractivity contribution >= 4 is 17.2 Å². The van der Waals surface area contributed by atoms with Crippen molar-refractivity contribution in [3.63, 3.8) is 0 Å². The van der Waals surface area contributed by atoms with Crippen LogP contribution in [0, 0.1) is 23.7 Å². The van der Waals surface area contributed by atoms with E-state index in [1.54, 1.807) is 11.3 Å². The topological polar surface area (TPSA) is 65.8 Å². The van der Waals surface area contributed by atoms with Gasteiger partial charge in [0.05, 0.1) is 23.3 Å². The number of amides is 1. The zero-order valence-electron chi connectivity index (χ0n) is 11.8. The van der Waals surface area contributed by atoms with E-state index in [1.807, 2.05) is 26.2 Å². The van der Waals surface area contributed by atoms with Crippen LogP contribution >= 0.6 is 11.3 Å². The minimum atomic E-state index is -0.880. The summed E-state index contributed by atoms with van der Waals surface area (Å²) in [6, 6.07) is 2.23. The average Bonchev–Trinajstić information content (AvgIpc) is 2.81. The van der Waals surface area contributed by atoms with Crippen molar-refractivity contribution in [1.82, 2.24) is 10.3 Å². The zero-order chi connectivity index (χ0) is 14.3. The fourth-order valence-corrected chi connectivity index (χ4v) is 2.81. The summed E-state index contributed by atoms with van der Waals surface area (Å²) in [4.78, 5) is 16.6. The van der Waals surface area contributed by atoms with E-state index < -0.39 is 5.41 Å². The van der Waals surface area contributed by atoms with E-state index in [9.17, 15) is 10.1 Å². The fraction of sp³-hybridized carbons (Fsp3) is 0.643. The summed E-state index contributed by atoms with van der Waals surface area (Å²) in [6.07, 6.45) is 2.88. The fourth-order valence-electron chi connectivity index (χ4n) is 2.20. The number of aromatic nitrogens is 1. The predicted octanol–water partition coefficient (Wildman–Crippen LogP) is 3.18. The number of thiazole rings is 1. The van der Waals surface area contributed by atoms with E-state index in [4.69, 9.17) is 0 Å². The van der Waals surface area contributed by atoms with E-state index in [0.29, 0.717) is 19.4 Å². The molecule has 1 N–H and O–H groups in total. The van der Waals surface area contributed by atoms with Gasteiger partial charge in [0.2, 0.25) is 5.91 Å². The molecule has 0 fully saturated rings. The number of nitrogens with zero attached hydrogens (tertiary/aromatic N) is 2. The summed E-state index contributed by atoms with van der Waals surface area (Å²) in [7, 11) is 0. The van der Waals surface area contributed by atoms with Crippen molar-refractivity contribution in [2.75, 3.05) is 0 Å². The Balaban J connectivity index is 2.69. The molecule has 0 unspecified atom stereocenters. The molecule has 0 aliphatic rings. The largest absolute Gasteiger partial charge is 0.349 e. The zero-order valence-corrected chi connectivity index (χ0v) is 12.6. The summed E-state index contributed by atoms with van der Waals surface area (Å²) in [6.45, 7) is 6.33. The monoisotopic (exact) mass is 279 g/mol. The van der Waals surface area contributed by atoms with E-state index >= 15 is 0 Å². The van der Waals surface area contributed by atoms with Crippen molar-refractivity contribution in [3.05, 3.63) is 16.1 Å². The van der Waals surface area contributed by atoms with Crippen LogP contribution in [0.4, 0.5) is 0 Å². The molecule has 1 aromatic rings. The number of nitrogens with one attached hydrogen (secondary N) is 1. The van der Waals surface area contributed by atoms with Gasteiger partial charge in [-0.2, -0.15) is 5.26 Å². The number of carbonyl (C=O) groups is 1. The number of hydrogen-bond acceptors (Lipinski definition) is 4. The molecule has 0 aromatic carbocycles. The summed E-state index contributed by atoms with van der Waals surface area (Å²) in [5.74, 6) is -0.163. The second-order valence-electron chi connectivity index (χ2n) is 4.73. The Kier molecular flexibility index (Phi) is 5.97. The van der Waals surface area contributed by atoms with Crippen LogP contribution in [0.2, 0.25) is 0 Å². The smallest absolute Gasteiger partial charge is 0.240 e. The lowest BCUT2D eigenvalue weighted by atomic mass is 9.80. The van der Waals surface area contributed by atoms with Gasteiger partial charge < -0.3 is 5.32 Å². The van der Waals surface area contributed by atoms with Crippen LogP contribution in [0.3, 0.4) is 0 Å². The van der Waals surface area contributed by atoms with Crippen LogP contribution in [0.25, 0.3) is 0 Å². The van der Waals surface area contributed by atoms with E-state index in [2.05, 4.69) is 16.4 Å². The highest BCUT2D eigenvalue weighted by atomic mass is 32.1. The minimum Gasteiger partial charge on any atom is -0.349 e. The molecule has 0 bridgehead atoms. The molecule has 0 aliphatic heterocycles. The Bertz CT molecular complexity index is 456. The number of carbonyl (C=O) groups excluding carboxylic acids is 1. The summed E-state index contributed by atoms with van der Waals surface area (Å²) >= 11 is 1.56. The first-order valence-corrected chi connectivity index (χ1v) is 7.56. The molecule has 0 aliphatic carbocycles. The van der Waals surface area contributed by atoms with E-state index in [1.165, 1.54) is 0 Å². The van der Waals surface area contributed by atoms with Crippen molar-refractivity contribution in [2.24, 2.45) is 5.41 Å². The Morgan fingerprint density at radius 3 is 2.53 bits per heavy atom. The van der Waals surface area contributed by atoms with Gasteiger partial charge in [-0.3, -0.25) is 4.79 Å². The molecular weight excluding hydrogens is 258 g/mol. The molecule has 1 heterocycles. The van der Waals surface area contributed by atoms with Crippen molar-refractivity contribution in [1.29, 1.82) is 5.26 Å². The molecular formula is C14H21N3OS. The Morgan fingerprint density at radius 1 is 1.47 bits per heavy atom. The first-order chi connectivity index (χ1) is 9.07. The summed E-state index contributed by atoms with van der Waals surface area (Å²) in [5, 5.41) is 15.2. The van der Waals surface area contributed by atoms with Crippen molar-refractivity contribution < 1.29 is 4.79 Å². The van der Waals surface area contributed by atoms with Gasteiger partial charge in [0.25, 0.3) is 0 Å². The van der Waals surface area contributed by atoms with Gasteiger partial charge in [0.15, 0.2) is 0 Å².